The molecule has 0 saturated carbocycles. The monoisotopic (exact) mass is 578 g/mol. The summed E-state index contributed by atoms with van der Waals surface area (Å²) in [6, 6.07) is 10.1. The molecule has 0 aliphatic carbocycles. The van der Waals surface area contributed by atoms with E-state index >= 15 is 0 Å². The van der Waals surface area contributed by atoms with Crippen LogP contribution in [0.25, 0.3) is 86.7 Å². The molecule has 12 nitrogen and oxygen atoms in total. The number of hydrogen-bond acceptors (Lipinski definition) is 10. The lowest BCUT2D eigenvalue weighted by Gasteiger charge is -2.06. The Morgan fingerprint density at radius 2 is 1.11 bits per heavy atom. The summed E-state index contributed by atoms with van der Waals surface area (Å²) in [5, 5.41) is 0. The van der Waals surface area contributed by atoms with Crippen LogP contribution in [0, 0.1) is 0 Å². The number of aromatic nitrogens is 8. The minimum absolute atomic E-state index is 0.260. The van der Waals surface area contributed by atoms with Crippen LogP contribution in [0.4, 0.5) is 0 Å². The lowest BCUT2D eigenvalue weighted by Crippen LogP contribution is -1.97. The zero-order valence-corrected chi connectivity index (χ0v) is 22.6. The zero-order valence-electron chi connectivity index (χ0n) is 22.6. The molecule has 2 aliphatic rings. The molecule has 0 spiro atoms. The number of nitrogens with one attached hydrogen (secondary N) is 1. The maximum Gasteiger partial charge on any atom is 0.306 e. The van der Waals surface area contributed by atoms with Crippen LogP contribution in [-0.4, -0.2) is 39.5 Å². The summed E-state index contributed by atoms with van der Waals surface area (Å²) >= 11 is 0. The number of H-pyrrole nitrogens is 1. The fraction of sp³-hybridized carbons (Fsp3) is 0. The molecule has 1 N–H and O–H groups in total. The molecular weight excluding hydrogens is 560 g/mol. The summed E-state index contributed by atoms with van der Waals surface area (Å²) in [5.41, 5.74) is 7.34. The first kappa shape index (κ1) is 24.1. The Morgan fingerprint density at radius 3 is 1.75 bits per heavy atom. The van der Waals surface area contributed by atoms with Gasteiger partial charge < -0.3 is 22.7 Å². The molecule has 9 heterocycles. The van der Waals surface area contributed by atoms with Gasteiger partial charge in [-0.2, -0.15) is 0 Å². The Labute approximate surface area is 246 Å². The molecule has 2 aliphatic heterocycles. The van der Waals surface area contributed by atoms with Crippen LogP contribution in [0.2, 0.25) is 0 Å². The molecule has 8 bridgehead atoms. The normalized spacial score (nSPS) is 12.4. The van der Waals surface area contributed by atoms with Gasteiger partial charge >= 0.3 is 6.01 Å². The van der Waals surface area contributed by atoms with E-state index in [1.807, 2.05) is 59.2 Å². The van der Waals surface area contributed by atoms with Crippen LogP contribution in [0.3, 0.4) is 0 Å². The maximum atomic E-state index is 5.95. The molecule has 0 unspecified atom stereocenters. The van der Waals surface area contributed by atoms with Gasteiger partial charge in [-0.15, -0.1) is 0 Å². The number of nitrogens with zero attached hydrogens (tertiary/aromatic N) is 7. The van der Waals surface area contributed by atoms with Crippen molar-refractivity contribution in [3.8, 4) is 40.4 Å². The molecule has 0 atom stereocenters. The maximum absolute atomic E-state index is 5.95. The highest BCUT2D eigenvalue weighted by molar-refractivity contribution is 6.07. The molecule has 0 aromatic carbocycles. The van der Waals surface area contributed by atoms with Crippen LogP contribution in [0.5, 0.6) is 0 Å². The minimum Gasteiger partial charge on any atom is -0.444 e. The van der Waals surface area contributed by atoms with Gasteiger partial charge in [-0.1, -0.05) is 0 Å². The second-order valence-electron chi connectivity index (χ2n) is 9.87. The molecule has 12 heteroatoms. The largest absolute Gasteiger partial charge is 0.444 e. The van der Waals surface area contributed by atoms with E-state index < -0.39 is 0 Å². The summed E-state index contributed by atoms with van der Waals surface area (Å²) in [7, 11) is 0. The number of hydrogen-bond donors (Lipinski definition) is 1. The number of oxazole rings is 4. The van der Waals surface area contributed by atoms with Gasteiger partial charge in [0.1, 0.15) is 25.1 Å². The average Bonchev–Trinajstić information content (AvgIpc) is 3.87. The van der Waals surface area contributed by atoms with Crippen molar-refractivity contribution in [2.75, 3.05) is 0 Å². The van der Waals surface area contributed by atoms with Crippen molar-refractivity contribution in [1.29, 1.82) is 0 Å². The summed E-state index contributed by atoms with van der Waals surface area (Å²) < 4.78 is 25.6. The fourth-order valence-electron chi connectivity index (χ4n) is 5.50. The first-order valence-corrected chi connectivity index (χ1v) is 13.5. The van der Waals surface area contributed by atoms with Crippen molar-refractivity contribution in [2.45, 2.75) is 0 Å². The van der Waals surface area contributed by atoms with Gasteiger partial charge in [0, 0.05) is 11.0 Å². The van der Waals surface area contributed by atoms with Gasteiger partial charge in [0.2, 0.25) is 17.7 Å². The van der Waals surface area contributed by atoms with Gasteiger partial charge in [-0.3, -0.25) is 4.57 Å². The summed E-state index contributed by atoms with van der Waals surface area (Å²) in [4.78, 5) is 31.5. The summed E-state index contributed by atoms with van der Waals surface area (Å²) in [6.45, 7) is 0. The average molecular weight is 579 g/mol. The number of rotatable bonds is 4. The van der Waals surface area contributed by atoms with E-state index in [4.69, 9.17) is 27.6 Å². The second-order valence-corrected chi connectivity index (χ2v) is 9.87. The summed E-state index contributed by atoms with van der Waals surface area (Å²) in [5.74, 6) is 0.934. The molecule has 210 valence electrons. The van der Waals surface area contributed by atoms with E-state index in [-0.39, 0.29) is 6.01 Å². The van der Waals surface area contributed by atoms with E-state index in [0.717, 1.165) is 22.4 Å². The summed E-state index contributed by atoms with van der Waals surface area (Å²) in [6.07, 6.45) is 20.0. The quantitative estimate of drug-likeness (QED) is 0.229. The SMILES string of the molecule is C1=Cc2cc3c(-c4ncco4)c(-c4ncco4)c(c(-c4ncco4)c4nc(cc5ccc(cc1n2)[nH]5)C=C4)n3-c1ncco1. The van der Waals surface area contributed by atoms with Crippen molar-refractivity contribution < 1.29 is 17.7 Å². The Morgan fingerprint density at radius 1 is 0.545 bits per heavy atom. The van der Waals surface area contributed by atoms with E-state index in [2.05, 4.69) is 24.9 Å². The van der Waals surface area contributed by atoms with Crippen LogP contribution in [-0.2, 0) is 0 Å². The third-order valence-corrected chi connectivity index (χ3v) is 7.22. The van der Waals surface area contributed by atoms with Crippen molar-refractivity contribution in [2.24, 2.45) is 0 Å². The smallest absolute Gasteiger partial charge is 0.306 e. The molecular formula is C32H18N8O4. The molecule has 0 fully saturated rings. The Balaban J connectivity index is 1.60. The first-order chi connectivity index (χ1) is 21.8. The van der Waals surface area contributed by atoms with Crippen molar-refractivity contribution in [3.63, 3.8) is 0 Å². The fourth-order valence-corrected chi connectivity index (χ4v) is 5.50. The van der Waals surface area contributed by atoms with Gasteiger partial charge in [0.25, 0.3) is 0 Å². The predicted molar refractivity (Wildman–Crippen MR) is 160 cm³/mol. The van der Waals surface area contributed by atoms with Crippen LogP contribution < -0.4 is 0 Å². The molecule has 7 aromatic rings. The van der Waals surface area contributed by atoms with Gasteiger partial charge in [0.05, 0.1) is 75.3 Å². The van der Waals surface area contributed by atoms with E-state index in [1.54, 1.807) is 24.8 Å². The highest BCUT2D eigenvalue weighted by atomic mass is 16.4. The van der Waals surface area contributed by atoms with Crippen LogP contribution in [0.1, 0.15) is 22.8 Å². The molecule has 9 rings (SSSR count). The second kappa shape index (κ2) is 9.49. The van der Waals surface area contributed by atoms with Crippen LogP contribution in [0.15, 0.2) is 97.8 Å². The standard InChI is InChI=1S/C32H18N8O4/c1-2-20-16-21-5-6-23(39-21)25(29-33-7-11-41-29)28-27(31-35-9-13-43-31)26(30-34-8-12-42-30)24(40(28)32-36-10-14-44-32)17-22-4-3-19(38-22)15-18(1)37-20/h1-17,37H. The minimum atomic E-state index is 0.260. The van der Waals surface area contributed by atoms with E-state index in [0.29, 0.717) is 56.8 Å². The third kappa shape index (κ3) is 3.85. The van der Waals surface area contributed by atoms with Gasteiger partial charge in [-0.05, 0) is 54.6 Å². The molecule has 44 heavy (non-hydrogen) atoms. The Bertz CT molecular complexity index is 2380. The highest BCUT2D eigenvalue weighted by Crippen LogP contribution is 2.45. The number of fused-ring (bicyclic) bond motifs is 8. The number of aromatic amines is 1. The van der Waals surface area contributed by atoms with E-state index in [1.165, 1.54) is 25.1 Å². The van der Waals surface area contributed by atoms with Crippen molar-refractivity contribution in [1.82, 2.24) is 39.5 Å². The van der Waals surface area contributed by atoms with Crippen molar-refractivity contribution in [3.05, 3.63) is 103 Å². The van der Waals surface area contributed by atoms with Crippen molar-refractivity contribution >= 4 is 46.4 Å². The predicted octanol–water partition coefficient (Wildman–Crippen LogP) is 7.07. The molecule has 0 radical (unpaired) electrons. The molecule has 0 amide bonds. The highest BCUT2D eigenvalue weighted by Gasteiger charge is 2.31. The lowest BCUT2D eigenvalue weighted by atomic mass is 10.1. The van der Waals surface area contributed by atoms with Crippen LogP contribution >= 0.6 is 0 Å². The zero-order chi connectivity index (χ0) is 29.0. The Kier molecular flexibility index (Phi) is 5.19. The molecule has 7 aromatic heterocycles. The third-order valence-electron chi connectivity index (χ3n) is 7.22. The van der Waals surface area contributed by atoms with E-state index in [9.17, 15) is 0 Å². The topological polar surface area (TPSA) is 151 Å². The Hall–Kier alpha value is -6.56. The van der Waals surface area contributed by atoms with Gasteiger partial charge in [0.15, 0.2) is 0 Å². The first-order valence-electron chi connectivity index (χ1n) is 13.5. The van der Waals surface area contributed by atoms with Gasteiger partial charge in [-0.25, -0.2) is 29.9 Å². The lowest BCUT2D eigenvalue weighted by molar-refractivity contribution is 0.534. The molecule has 0 saturated heterocycles.